The molecule has 18 heavy (non-hydrogen) atoms. The van der Waals surface area contributed by atoms with Crippen LogP contribution in [0.4, 0.5) is 0 Å². The van der Waals surface area contributed by atoms with Crippen LogP contribution < -0.4 is 5.32 Å². The van der Waals surface area contributed by atoms with Gasteiger partial charge in [-0.25, -0.2) is 0 Å². The molecule has 1 saturated carbocycles. The molecule has 98 valence electrons. The van der Waals surface area contributed by atoms with E-state index in [0.29, 0.717) is 0 Å². The second-order valence-corrected chi connectivity index (χ2v) is 5.26. The van der Waals surface area contributed by atoms with Gasteiger partial charge in [0.25, 0.3) is 0 Å². The molecule has 5 heteroatoms. The van der Waals surface area contributed by atoms with E-state index >= 15 is 0 Å². The first-order valence-electron chi connectivity index (χ1n) is 5.73. The molecule has 1 atom stereocenters. The minimum atomic E-state index is -1.32. The van der Waals surface area contributed by atoms with Gasteiger partial charge in [0.05, 0.1) is 11.0 Å². The number of carbonyl (C=O) groups excluding carboxylic acids is 4. The van der Waals surface area contributed by atoms with Crippen LogP contribution in [0.5, 0.6) is 0 Å². The van der Waals surface area contributed by atoms with E-state index < -0.39 is 34.7 Å². The summed E-state index contributed by atoms with van der Waals surface area (Å²) in [6, 6.07) is -1.29. The molecule has 0 heterocycles. The molecule has 5 nitrogen and oxygen atoms in total. The molecule has 1 unspecified atom stereocenters. The molecule has 0 aliphatic heterocycles. The summed E-state index contributed by atoms with van der Waals surface area (Å²) in [7, 11) is 0. The minimum absolute atomic E-state index is 0.228. The molecule has 0 saturated heterocycles. The first kappa shape index (κ1) is 14.3. The Balaban J connectivity index is 3.08. The largest absolute Gasteiger partial charge is 0.339 e. The Labute approximate surface area is 106 Å². The summed E-state index contributed by atoms with van der Waals surface area (Å²) >= 11 is 0. The molecule has 0 bridgehead atoms. The number of amides is 1. The molecular weight excluding hydrogens is 234 g/mol. The lowest BCUT2D eigenvalue weighted by Gasteiger charge is -2.32. The van der Waals surface area contributed by atoms with E-state index in [1.54, 1.807) is 13.8 Å². The Morgan fingerprint density at radius 1 is 1.28 bits per heavy atom. The highest BCUT2D eigenvalue weighted by molar-refractivity contribution is 6.38. The van der Waals surface area contributed by atoms with E-state index in [2.05, 4.69) is 11.9 Å². The molecule has 0 aromatic carbocycles. The van der Waals surface area contributed by atoms with Gasteiger partial charge in [-0.15, -0.1) is 0 Å². The van der Waals surface area contributed by atoms with Crippen LogP contribution in [-0.4, -0.2) is 29.3 Å². The Morgan fingerprint density at radius 2 is 1.78 bits per heavy atom. The van der Waals surface area contributed by atoms with E-state index in [1.807, 2.05) is 0 Å². The van der Waals surface area contributed by atoms with Gasteiger partial charge in [0.15, 0.2) is 23.4 Å². The summed E-state index contributed by atoms with van der Waals surface area (Å²) < 4.78 is 0. The fourth-order valence-corrected chi connectivity index (χ4v) is 1.70. The van der Waals surface area contributed by atoms with Gasteiger partial charge in [0, 0.05) is 5.92 Å². The summed E-state index contributed by atoms with van der Waals surface area (Å²) in [5.74, 6) is -2.62. The lowest BCUT2D eigenvalue weighted by molar-refractivity contribution is -0.146. The molecule has 1 aliphatic carbocycles. The highest BCUT2D eigenvalue weighted by Gasteiger charge is 2.51. The number of rotatable bonds is 2. The van der Waals surface area contributed by atoms with Crippen molar-refractivity contribution in [3.05, 3.63) is 12.2 Å². The maximum atomic E-state index is 12.1. The number of carbonyl (C=O) groups is 4. The molecule has 1 aliphatic rings. The topological polar surface area (TPSA) is 80.3 Å². The Kier molecular flexibility index (Phi) is 3.55. The molecule has 1 amide bonds. The number of Topliss-reactive ketones (excluding diaryl/α,β-unsaturated/α-hetero) is 3. The summed E-state index contributed by atoms with van der Waals surface area (Å²) in [6.07, 6.45) is 0. The maximum Gasteiger partial charge on any atom is 0.223 e. The van der Waals surface area contributed by atoms with Gasteiger partial charge in [-0.3, -0.25) is 19.2 Å². The van der Waals surface area contributed by atoms with Crippen LogP contribution in [0.25, 0.3) is 0 Å². The van der Waals surface area contributed by atoms with Crippen molar-refractivity contribution in [2.45, 2.75) is 33.7 Å². The first-order chi connectivity index (χ1) is 8.10. The Bertz CT molecular complexity index is 460. The van der Waals surface area contributed by atoms with Crippen LogP contribution in [-0.2, 0) is 19.2 Å². The second kappa shape index (κ2) is 4.48. The molecule has 0 radical (unpaired) electrons. The number of hydrogen-bond acceptors (Lipinski definition) is 4. The van der Waals surface area contributed by atoms with Crippen molar-refractivity contribution in [2.75, 3.05) is 0 Å². The van der Waals surface area contributed by atoms with Crippen molar-refractivity contribution in [3.63, 3.8) is 0 Å². The molecule has 1 fully saturated rings. The molecule has 1 rings (SSSR count). The lowest BCUT2D eigenvalue weighted by Crippen LogP contribution is -2.59. The van der Waals surface area contributed by atoms with Crippen LogP contribution in [0.3, 0.4) is 0 Å². The third-order valence-corrected chi connectivity index (χ3v) is 3.09. The van der Waals surface area contributed by atoms with E-state index in [9.17, 15) is 19.2 Å². The van der Waals surface area contributed by atoms with Crippen LogP contribution >= 0.6 is 0 Å². The molecule has 0 aromatic heterocycles. The van der Waals surface area contributed by atoms with Crippen LogP contribution in [0, 0.1) is 11.3 Å². The third-order valence-electron chi connectivity index (χ3n) is 3.09. The van der Waals surface area contributed by atoms with E-state index in [4.69, 9.17) is 0 Å². The van der Waals surface area contributed by atoms with Gasteiger partial charge in [-0.2, -0.15) is 0 Å². The predicted octanol–water partition coefficient (Wildman–Crippen LogP) is 0.430. The molecule has 1 N–H and O–H groups in total. The summed E-state index contributed by atoms with van der Waals surface area (Å²) in [4.78, 5) is 47.3. The highest BCUT2D eigenvalue weighted by Crippen LogP contribution is 2.30. The Morgan fingerprint density at radius 3 is 2.22 bits per heavy atom. The quantitative estimate of drug-likeness (QED) is 0.438. The SMILES string of the molecule is C=C1C(=O)C(NC(=O)C(C)C)C(=O)C(C)(C)C1=O. The van der Waals surface area contributed by atoms with Crippen molar-refractivity contribution < 1.29 is 19.2 Å². The lowest BCUT2D eigenvalue weighted by atomic mass is 9.70. The fourth-order valence-electron chi connectivity index (χ4n) is 1.70. The van der Waals surface area contributed by atoms with Crippen molar-refractivity contribution in [2.24, 2.45) is 11.3 Å². The first-order valence-corrected chi connectivity index (χ1v) is 5.73. The van der Waals surface area contributed by atoms with E-state index in [0.717, 1.165) is 0 Å². The molecular formula is C13H17NO4. The van der Waals surface area contributed by atoms with Gasteiger partial charge in [0.1, 0.15) is 0 Å². The normalized spacial score (nSPS) is 23.5. The van der Waals surface area contributed by atoms with E-state index in [1.165, 1.54) is 13.8 Å². The zero-order valence-electron chi connectivity index (χ0n) is 11.0. The van der Waals surface area contributed by atoms with Crippen molar-refractivity contribution in [1.29, 1.82) is 0 Å². The van der Waals surface area contributed by atoms with Crippen molar-refractivity contribution >= 4 is 23.3 Å². The highest BCUT2D eigenvalue weighted by atomic mass is 16.2. The van der Waals surface area contributed by atoms with Gasteiger partial charge < -0.3 is 5.32 Å². The summed E-state index contributed by atoms with van der Waals surface area (Å²) in [5, 5.41) is 2.37. The van der Waals surface area contributed by atoms with Gasteiger partial charge in [0.2, 0.25) is 5.91 Å². The van der Waals surface area contributed by atoms with Crippen LogP contribution in [0.15, 0.2) is 12.2 Å². The van der Waals surface area contributed by atoms with Gasteiger partial charge >= 0.3 is 0 Å². The summed E-state index contributed by atoms with van der Waals surface area (Å²) in [6.45, 7) is 9.58. The average molecular weight is 251 g/mol. The van der Waals surface area contributed by atoms with Crippen LogP contribution in [0.1, 0.15) is 27.7 Å². The maximum absolute atomic E-state index is 12.1. The molecule has 0 spiro atoms. The van der Waals surface area contributed by atoms with Gasteiger partial charge in [-0.1, -0.05) is 20.4 Å². The average Bonchev–Trinajstić information content (AvgIpc) is 2.30. The standard InChI is InChI=1S/C13H17NO4/c1-6(2)12(18)14-8-9(15)7(3)10(16)13(4,5)11(8)17/h6,8H,3H2,1-2,4-5H3,(H,14,18). The zero-order valence-corrected chi connectivity index (χ0v) is 11.0. The monoisotopic (exact) mass is 251 g/mol. The fraction of sp³-hybridized carbons (Fsp3) is 0.538. The zero-order chi connectivity index (χ0) is 14.2. The number of nitrogens with one attached hydrogen (secondary N) is 1. The van der Waals surface area contributed by atoms with Gasteiger partial charge in [-0.05, 0) is 13.8 Å². The third kappa shape index (κ3) is 2.12. The van der Waals surface area contributed by atoms with Crippen LogP contribution in [0.2, 0.25) is 0 Å². The Hall–Kier alpha value is -1.78. The molecule has 0 aromatic rings. The smallest absolute Gasteiger partial charge is 0.223 e. The predicted molar refractivity (Wildman–Crippen MR) is 64.7 cm³/mol. The minimum Gasteiger partial charge on any atom is -0.339 e. The number of ketones is 3. The van der Waals surface area contributed by atoms with E-state index in [-0.39, 0.29) is 11.5 Å². The van der Waals surface area contributed by atoms with Crippen molar-refractivity contribution in [1.82, 2.24) is 5.32 Å². The summed E-state index contributed by atoms with van der Waals surface area (Å²) in [5.41, 5.74) is -1.55. The van der Waals surface area contributed by atoms with Crippen molar-refractivity contribution in [3.8, 4) is 0 Å². The number of hydrogen-bond donors (Lipinski definition) is 1. The second-order valence-electron chi connectivity index (χ2n) is 5.26.